The van der Waals surface area contributed by atoms with Crippen molar-refractivity contribution in [2.75, 3.05) is 26.7 Å². The molecule has 1 aromatic rings. The monoisotopic (exact) mass is 262 g/mol. The second-order valence-corrected chi connectivity index (χ2v) is 6.78. The molecule has 1 atom stereocenters. The maximum absolute atomic E-state index is 3.59. The molecule has 0 fully saturated rings. The molecule has 0 aliphatic heterocycles. The van der Waals surface area contributed by atoms with E-state index in [2.05, 4.69) is 76.1 Å². The molecule has 0 bridgehead atoms. The van der Waals surface area contributed by atoms with Crippen molar-refractivity contribution < 1.29 is 0 Å². The van der Waals surface area contributed by atoms with Gasteiger partial charge in [0.15, 0.2) is 0 Å². The number of benzene rings is 1. The molecule has 2 nitrogen and oxygen atoms in total. The van der Waals surface area contributed by atoms with E-state index in [1.54, 1.807) is 0 Å². The van der Waals surface area contributed by atoms with Crippen LogP contribution in [0.5, 0.6) is 0 Å². The Hall–Kier alpha value is -0.860. The van der Waals surface area contributed by atoms with E-state index in [4.69, 9.17) is 0 Å². The van der Waals surface area contributed by atoms with Crippen LogP contribution >= 0.6 is 0 Å². The number of hydrogen-bond acceptors (Lipinski definition) is 2. The minimum atomic E-state index is 0.346. The highest BCUT2D eigenvalue weighted by Gasteiger charge is 2.17. The molecule has 1 N–H and O–H groups in total. The van der Waals surface area contributed by atoms with E-state index in [1.807, 2.05) is 0 Å². The molecule has 0 saturated heterocycles. The number of nitrogens with zero attached hydrogens (tertiary/aromatic N) is 1. The van der Waals surface area contributed by atoms with Crippen LogP contribution in [-0.4, -0.2) is 31.6 Å². The fourth-order valence-corrected chi connectivity index (χ4v) is 2.52. The van der Waals surface area contributed by atoms with E-state index in [0.717, 1.165) is 19.6 Å². The molecule has 19 heavy (non-hydrogen) atoms. The smallest absolute Gasteiger partial charge is 0.0449 e. The molecule has 1 rings (SSSR count). The average molecular weight is 262 g/mol. The predicted molar refractivity (Wildman–Crippen MR) is 84.5 cm³/mol. The van der Waals surface area contributed by atoms with Crippen molar-refractivity contribution >= 4 is 0 Å². The molecule has 0 aliphatic rings. The van der Waals surface area contributed by atoms with E-state index in [0.29, 0.717) is 11.5 Å². The Bertz CT molecular complexity index is 362. The highest BCUT2D eigenvalue weighted by atomic mass is 15.1. The minimum absolute atomic E-state index is 0.346. The third kappa shape index (κ3) is 6.22. The summed E-state index contributed by atoms with van der Waals surface area (Å²) in [6.07, 6.45) is 0. The Morgan fingerprint density at radius 3 is 2.21 bits per heavy atom. The molecule has 1 unspecified atom stereocenters. The molecule has 0 heterocycles. The van der Waals surface area contributed by atoms with Crippen LogP contribution in [0.2, 0.25) is 0 Å². The highest BCUT2D eigenvalue weighted by Crippen LogP contribution is 2.18. The Balaban J connectivity index is 2.70. The van der Waals surface area contributed by atoms with E-state index in [-0.39, 0.29) is 0 Å². The molecule has 0 amide bonds. The van der Waals surface area contributed by atoms with E-state index >= 15 is 0 Å². The molecular formula is C17H30N2. The fraction of sp³-hybridized carbons (Fsp3) is 0.647. The zero-order chi connectivity index (χ0) is 14.5. The molecule has 1 aromatic carbocycles. The van der Waals surface area contributed by atoms with Gasteiger partial charge >= 0.3 is 0 Å². The summed E-state index contributed by atoms with van der Waals surface area (Å²) in [6, 6.07) is 9.30. The van der Waals surface area contributed by atoms with Gasteiger partial charge in [0.1, 0.15) is 0 Å². The third-order valence-electron chi connectivity index (χ3n) is 3.17. The van der Waals surface area contributed by atoms with Gasteiger partial charge in [0.25, 0.3) is 0 Å². The molecule has 2 heteroatoms. The standard InChI is InChI=1S/C17H30N2/c1-7-18-16(12-19(6)13-17(3,4)5)15-10-8-14(2)9-11-15/h8-11,16,18H,7,12-13H2,1-6H3. The first-order valence-electron chi connectivity index (χ1n) is 7.30. The van der Waals surface area contributed by atoms with Gasteiger partial charge in [-0.05, 0) is 31.5 Å². The molecular weight excluding hydrogens is 232 g/mol. The summed E-state index contributed by atoms with van der Waals surface area (Å²) < 4.78 is 0. The van der Waals surface area contributed by atoms with Crippen LogP contribution in [0.15, 0.2) is 24.3 Å². The predicted octanol–water partition coefficient (Wildman–Crippen LogP) is 3.62. The molecule has 0 radical (unpaired) electrons. The number of nitrogens with one attached hydrogen (secondary N) is 1. The Kier molecular flexibility index (Phi) is 6.02. The normalized spacial score (nSPS) is 13.8. The summed E-state index contributed by atoms with van der Waals surface area (Å²) in [7, 11) is 2.21. The second kappa shape index (κ2) is 7.06. The van der Waals surface area contributed by atoms with Crippen molar-refractivity contribution in [3.63, 3.8) is 0 Å². The van der Waals surface area contributed by atoms with E-state index in [1.165, 1.54) is 11.1 Å². The van der Waals surface area contributed by atoms with Gasteiger partial charge in [-0.3, -0.25) is 0 Å². The fourth-order valence-electron chi connectivity index (χ4n) is 2.52. The molecule has 108 valence electrons. The quantitative estimate of drug-likeness (QED) is 0.842. The summed E-state index contributed by atoms with van der Waals surface area (Å²) in [5.41, 5.74) is 3.05. The van der Waals surface area contributed by atoms with Crippen molar-refractivity contribution in [2.24, 2.45) is 5.41 Å². The second-order valence-electron chi connectivity index (χ2n) is 6.78. The van der Waals surface area contributed by atoms with Crippen LogP contribution in [0, 0.1) is 12.3 Å². The summed E-state index contributed by atoms with van der Waals surface area (Å²) in [4.78, 5) is 2.42. The summed E-state index contributed by atoms with van der Waals surface area (Å²) in [6.45, 7) is 14.3. The zero-order valence-electron chi connectivity index (χ0n) is 13.5. The lowest BCUT2D eigenvalue weighted by Gasteiger charge is -2.30. The lowest BCUT2D eigenvalue weighted by Crippen LogP contribution is -2.37. The summed E-state index contributed by atoms with van der Waals surface area (Å²) in [5.74, 6) is 0. The van der Waals surface area contributed by atoms with Gasteiger partial charge in [-0.2, -0.15) is 0 Å². The van der Waals surface area contributed by atoms with Crippen LogP contribution in [0.25, 0.3) is 0 Å². The SMILES string of the molecule is CCNC(CN(C)CC(C)(C)C)c1ccc(C)cc1. The van der Waals surface area contributed by atoms with Gasteiger partial charge in [0.2, 0.25) is 0 Å². The van der Waals surface area contributed by atoms with Gasteiger partial charge in [0.05, 0.1) is 0 Å². The lowest BCUT2D eigenvalue weighted by molar-refractivity contribution is 0.208. The maximum Gasteiger partial charge on any atom is 0.0449 e. The Morgan fingerprint density at radius 2 is 1.74 bits per heavy atom. The van der Waals surface area contributed by atoms with Crippen molar-refractivity contribution in [1.29, 1.82) is 0 Å². The van der Waals surface area contributed by atoms with Gasteiger partial charge < -0.3 is 10.2 Å². The first-order chi connectivity index (χ1) is 8.81. The summed E-state index contributed by atoms with van der Waals surface area (Å²) in [5, 5.41) is 3.59. The molecule has 0 saturated carbocycles. The number of rotatable bonds is 6. The van der Waals surface area contributed by atoms with Gasteiger partial charge in [-0.15, -0.1) is 0 Å². The number of aryl methyl sites for hydroxylation is 1. The molecule has 0 aromatic heterocycles. The summed E-state index contributed by atoms with van der Waals surface area (Å²) >= 11 is 0. The zero-order valence-corrected chi connectivity index (χ0v) is 13.5. The van der Waals surface area contributed by atoms with Crippen molar-refractivity contribution in [3.8, 4) is 0 Å². The van der Waals surface area contributed by atoms with Gasteiger partial charge in [-0.25, -0.2) is 0 Å². The molecule has 0 aliphatic carbocycles. The lowest BCUT2D eigenvalue weighted by atomic mass is 9.95. The average Bonchev–Trinajstić information content (AvgIpc) is 2.27. The van der Waals surface area contributed by atoms with E-state index < -0.39 is 0 Å². The maximum atomic E-state index is 3.59. The minimum Gasteiger partial charge on any atom is -0.309 e. The van der Waals surface area contributed by atoms with Crippen LogP contribution in [-0.2, 0) is 0 Å². The largest absolute Gasteiger partial charge is 0.309 e. The van der Waals surface area contributed by atoms with Crippen LogP contribution in [0.1, 0.15) is 44.9 Å². The molecule has 0 spiro atoms. The van der Waals surface area contributed by atoms with Crippen LogP contribution in [0.3, 0.4) is 0 Å². The number of hydrogen-bond donors (Lipinski definition) is 1. The van der Waals surface area contributed by atoms with Crippen LogP contribution < -0.4 is 5.32 Å². The van der Waals surface area contributed by atoms with E-state index in [9.17, 15) is 0 Å². The van der Waals surface area contributed by atoms with Gasteiger partial charge in [-0.1, -0.05) is 57.5 Å². The first-order valence-corrected chi connectivity index (χ1v) is 7.30. The Morgan fingerprint density at radius 1 is 1.16 bits per heavy atom. The topological polar surface area (TPSA) is 15.3 Å². The Labute approximate surface area is 119 Å². The number of likely N-dealkylation sites (N-methyl/N-ethyl adjacent to an activating group) is 2. The van der Waals surface area contributed by atoms with Crippen LogP contribution in [0.4, 0.5) is 0 Å². The third-order valence-corrected chi connectivity index (χ3v) is 3.17. The van der Waals surface area contributed by atoms with Crippen molar-refractivity contribution in [2.45, 2.75) is 40.7 Å². The first kappa shape index (κ1) is 16.2. The highest BCUT2D eigenvalue weighted by molar-refractivity contribution is 5.24. The van der Waals surface area contributed by atoms with Gasteiger partial charge in [0, 0.05) is 19.1 Å². The van der Waals surface area contributed by atoms with Crippen molar-refractivity contribution in [1.82, 2.24) is 10.2 Å². The van der Waals surface area contributed by atoms with Crippen molar-refractivity contribution in [3.05, 3.63) is 35.4 Å².